The van der Waals surface area contributed by atoms with Gasteiger partial charge in [-0.25, -0.2) is 9.79 Å². The molecule has 0 aromatic heterocycles. The van der Waals surface area contributed by atoms with Gasteiger partial charge in [0.05, 0.1) is 12.8 Å². The lowest BCUT2D eigenvalue weighted by molar-refractivity contribution is -0.135. The van der Waals surface area contributed by atoms with Crippen LogP contribution in [-0.4, -0.2) is 23.9 Å². The fourth-order valence-corrected chi connectivity index (χ4v) is 2.33. The van der Waals surface area contributed by atoms with Crippen molar-refractivity contribution in [2.45, 2.75) is 6.92 Å². The largest absolute Gasteiger partial charge is 0.505 e. The first-order valence-corrected chi connectivity index (χ1v) is 6.44. The lowest BCUT2D eigenvalue weighted by Crippen LogP contribution is -2.11. The van der Waals surface area contributed by atoms with Crippen LogP contribution >= 0.6 is 23.2 Å². The van der Waals surface area contributed by atoms with E-state index in [1.165, 1.54) is 13.2 Å². The minimum absolute atomic E-state index is 0.0435. The van der Waals surface area contributed by atoms with E-state index in [0.717, 1.165) is 0 Å². The Labute approximate surface area is 126 Å². The van der Waals surface area contributed by atoms with E-state index in [0.29, 0.717) is 21.3 Å². The van der Waals surface area contributed by atoms with Crippen LogP contribution in [0.15, 0.2) is 40.2 Å². The van der Waals surface area contributed by atoms with E-state index in [2.05, 4.69) is 9.73 Å². The van der Waals surface area contributed by atoms with E-state index in [-0.39, 0.29) is 17.0 Å². The highest BCUT2D eigenvalue weighted by molar-refractivity contribution is 6.37. The Morgan fingerprint density at radius 3 is 2.50 bits per heavy atom. The molecule has 1 heterocycles. The molecule has 0 radical (unpaired) electrons. The number of rotatable bonds is 2. The summed E-state index contributed by atoms with van der Waals surface area (Å²) in [5, 5.41) is 10.9. The Morgan fingerprint density at radius 1 is 1.35 bits per heavy atom. The fraction of sp³-hybridized carbons (Fsp3) is 0.143. The Balaban J connectivity index is 2.53. The van der Waals surface area contributed by atoms with Crippen molar-refractivity contribution in [2.75, 3.05) is 7.11 Å². The Kier molecular flexibility index (Phi) is 4.16. The number of hydrogen-bond acceptors (Lipinski definition) is 4. The number of nitrogens with zero attached hydrogens (tertiary/aromatic N) is 1. The van der Waals surface area contributed by atoms with E-state index in [1.807, 2.05) is 0 Å². The van der Waals surface area contributed by atoms with Crippen molar-refractivity contribution in [3.8, 4) is 0 Å². The first kappa shape index (κ1) is 14.6. The molecule has 4 nitrogen and oxygen atoms in total. The summed E-state index contributed by atoms with van der Waals surface area (Å²) < 4.78 is 4.60. The Bertz CT molecular complexity index is 655. The summed E-state index contributed by atoms with van der Waals surface area (Å²) in [5.74, 6) is -0.886. The third-order valence-electron chi connectivity index (χ3n) is 2.80. The first-order chi connectivity index (χ1) is 9.45. The summed E-state index contributed by atoms with van der Waals surface area (Å²) in [4.78, 5) is 15.7. The van der Waals surface area contributed by atoms with Crippen LogP contribution in [0, 0.1) is 0 Å². The maximum Gasteiger partial charge on any atom is 0.343 e. The fourth-order valence-electron chi connectivity index (χ4n) is 1.82. The molecule has 6 heteroatoms. The summed E-state index contributed by atoms with van der Waals surface area (Å²) in [5.41, 5.74) is 1.17. The molecule has 0 unspecified atom stereocenters. The minimum atomic E-state index is -0.641. The topological polar surface area (TPSA) is 58.9 Å². The van der Waals surface area contributed by atoms with Gasteiger partial charge >= 0.3 is 5.97 Å². The zero-order valence-electron chi connectivity index (χ0n) is 10.8. The van der Waals surface area contributed by atoms with Gasteiger partial charge in [0.1, 0.15) is 11.3 Å². The molecule has 2 rings (SSSR count). The number of carbonyl (C=O) groups is 1. The molecule has 0 amide bonds. The molecule has 104 valence electrons. The summed E-state index contributed by atoms with van der Waals surface area (Å²) in [7, 11) is 1.24. The average Bonchev–Trinajstić information content (AvgIpc) is 2.68. The van der Waals surface area contributed by atoms with Crippen LogP contribution in [0.25, 0.3) is 6.08 Å². The third-order valence-corrected chi connectivity index (χ3v) is 3.46. The molecule has 0 saturated heterocycles. The molecule has 0 fully saturated rings. The van der Waals surface area contributed by atoms with Crippen LogP contribution in [0.3, 0.4) is 0 Å². The van der Waals surface area contributed by atoms with E-state index in [4.69, 9.17) is 23.2 Å². The van der Waals surface area contributed by atoms with Gasteiger partial charge in [0, 0.05) is 15.6 Å². The number of halogens is 2. The van der Waals surface area contributed by atoms with Crippen molar-refractivity contribution < 1.29 is 14.6 Å². The van der Waals surface area contributed by atoms with E-state index in [1.54, 1.807) is 25.1 Å². The molecule has 0 bridgehead atoms. The molecule has 0 spiro atoms. The van der Waals surface area contributed by atoms with Crippen LogP contribution in [0.2, 0.25) is 10.0 Å². The number of aliphatic imine (C=N–C) groups is 1. The third kappa shape index (κ3) is 2.57. The van der Waals surface area contributed by atoms with Crippen molar-refractivity contribution >= 4 is 41.0 Å². The van der Waals surface area contributed by atoms with Gasteiger partial charge in [-0.1, -0.05) is 29.3 Å². The van der Waals surface area contributed by atoms with Gasteiger partial charge in [-0.3, -0.25) is 0 Å². The number of carbonyl (C=O) groups excluding carboxylic acids is 1. The van der Waals surface area contributed by atoms with Crippen LogP contribution in [0.5, 0.6) is 0 Å². The lowest BCUT2D eigenvalue weighted by Gasteiger charge is -2.03. The van der Waals surface area contributed by atoms with E-state index in [9.17, 15) is 9.90 Å². The van der Waals surface area contributed by atoms with Crippen molar-refractivity contribution in [1.29, 1.82) is 0 Å². The second kappa shape index (κ2) is 5.69. The van der Waals surface area contributed by atoms with Crippen LogP contribution in [0.4, 0.5) is 0 Å². The van der Waals surface area contributed by atoms with Crippen molar-refractivity contribution in [2.24, 2.45) is 4.99 Å². The molecule has 1 aliphatic heterocycles. The van der Waals surface area contributed by atoms with E-state index >= 15 is 0 Å². The maximum absolute atomic E-state index is 11.6. The number of hydrogen-bond donors (Lipinski definition) is 1. The minimum Gasteiger partial charge on any atom is -0.505 e. The first-order valence-electron chi connectivity index (χ1n) is 5.69. The number of ether oxygens (including phenoxy) is 1. The maximum atomic E-state index is 11.6. The Morgan fingerprint density at radius 2 is 1.95 bits per heavy atom. The van der Waals surface area contributed by atoms with Gasteiger partial charge in [0.25, 0.3) is 0 Å². The molecule has 1 aliphatic rings. The molecular weight excluding hydrogens is 301 g/mol. The monoisotopic (exact) mass is 311 g/mol. The van der Waals surface area contributed by atoms with Gasteiger partial charge in [0.15, 0.2) is 5.76 Å². The molecule has 1 aromatic rings. The van der Waals surface area contributed by atoms with Crippen molar-refractivity contribution in [3.63, 3.8) is 0 Å². The number of methoxy groups -OCH3 is 1. The summed E-state index contributed by atoms with van der Waals surface area (Å²) in [6.45, 7) is 1.61. The summed E-state index contributed by atoms with van der Waals surface area (Å²) in [6, 6.07) is 5.06. The predicted octanol–water partition coefficient (Wildman–Crippen LogP) is 3.79. The number of benzene rings is 1. The molecular formula is C14H11Cl2NO3. The van der Waals surface area contributed by atoms with E-state index < -0.39 is 5.97 Å². The molecule has 0 aliphatic carbocycles. The van der Waals surface area contributed by atoms with Crippen LogP contribution < -0.4 is 0 Å². The normalized spacial score (nSPS) is 16.6. The van der Waals surface area contributed by atoms with Crippen molar-refractivity contribution in [3.05, 3.63) is 50.8 Å². The highest BCUT2D eigenvalue weighted by atomic mass is 35.5. The predicted molar refractivity (Wildman–Crippen MR) is 79.2 cm³/mol. The van der Waals surface area contributed by atoms with Gasteiger partial charge in [-0.05, 0) is 25.1 Å². The van der Waals surface area contributed by atoms with Gasteiger partial charge < -0.3 is 9.84 Å². The highest BCUT2D eigenvalue weighted by Gasteiger charge is 2.27. The summed E-state index contributed by atoms with van der Waals surface area (Å²) >= 11 is 12.1. The number of aliphatic hydroxyl groups is 1. The second-order valence-electron chi connectivity index (χ2n) is 4.08. The molecule has 0 atom stereocenters. The van der Waals surface area contributed by atoms with Crippen LogP contribution in [0.1, 0.15) is 12.5 Å². The smallest absolute Gasteiger partial charge is 0.343 e. The number of aliphatic hydroxyl groups excluding tert-OH is 1. The molecule has 1 aromatic carbocycles. The Hall–Kier alpha value is -1.78. The molecule has 1 N–H and O–H groups in total. The standard InChI is InChI=1S/C14H11Cl2NO3/c1-7-12(14(19)20-2)13(18)11(17-7)6-8-9(15)4-3-5-10(8)16/h3-6,18H,1-2H3/b11-6+. The molecule has 0 saturated carbocycles. The molecule has 20 heavy (non-hydrogen) atoms. The average molecular weight is 312 g/mol. The zero-order valence-corrected chi connectivity index (χ0v) is 12.3. The highest BCUT2D eigenvalue weighted by Crippen LogP contribution is 2.31. The summed E-state index contributed by atoms with van der Waals surface area (Å²) in [6.07, 6.45) is 1.53. The van der Waals surface area contributed by atoms with Crippen molar-refractivity contribution in [1.82, 2.24) is 0 Å². The number of esters is 1. The quantitative estimate of drug-likeness (QED) is 0.845. The zero-order chi connectivity index (χ0) is 14.9. The second-order valence-corrected chi connectivity index (χ2v) is 4.89. The van der Waals surface area contributed by atoms with Gasteiger partial charge in [-0.15, -0.1) is 0 Å². The van der Waals surface area contributed by atoms with Crippen LogP contribution in [-0.2, 0) is 9.53 Å². The van der Waals surface area contributed by atoms with Gasteiger partial charge in [0.2, 0.25) is 0 Å². The van der Waals surface area contributed by atoms with Gasteiger partial charge in [-0.2, -0.15) is 0 Å². The lowest BCUT2D eigenvalue weighted by atomic mass is 10.1. The SMILES string of the molecule is COC(=O)C1=C(O)/C(=C\c2c(Cl)cccc2Cl)N=C1C.